The normalized spacial score (nSPS) is 11.2. The molecule has 0 unspecified atom stereocenters. The summed E-state index contributed by atoms with van der Waals surface area (Å²) in [5, 5.41) is 0. The zero-order valence-corrected chi connectivity index (χ0v) is 20.3. The molecule has 2 aromatic carbocycles. The summed E-state index contributed by atoms with van der Waals surface area (Å²) in [5.41, 5.74) is 0.952. The van der Waals surface area contributed by atoms with Gasteiger partial charge in [0, 0.05) is 11.4 Å². The van der Waals surface area contributed by atoms with Gasteiger partial charge in [-0.05, 0) is 62.4 Å². The van der Waals surface area contributed by atoms with Gasteiger partial charge in [-0.1, -0.05) is 0 Å². The summed E-state index contributed by atoms with van der Waals surface area (Å²) in [5.74, 6) is 1.20. The van der Waals surface area contributed by atoms with E-state index in [2.05, 4.69) is 9.44 Å². The first-order chi connectivity index (χ1) is 13.2. The Kier molecular flexibility index (Phi) is 10.3. The van der Waals surface area contributed by atoms with Crippen molar-refractivity contribution in [3.05, 3.63) is 48.5 Å². The van der Waals surface area contributed by atoms with Gasteiger partial charge in [0.25, 0.3) is 0 Å². The number of sulfonamides is 2. The number of benzene rings is 2. The third kappa shape index (κ3) is 9.26. The van der Waals surface area contributed by atoms with Crippen LogP contribution in [0.5, 0.6) is 11.5 Å². The summed E-state index contributed by atoms with van der Waals surface area (Å²) in [4.78, 5) is 0. The summed E-state index contributed by atoms with van der Waals surface area (Å²) >= 11 is 0. The molecule has 0 saturated heterocycles. The summed E-state index contributed by atoms with van der Waals surface area (Å²) in [6, 6.07) is 13.2. The van der Waals surface area contributed by atoms with Crippen molar-refractivity contribution in [1.29, 1.82) is 0 Å². The molecule has 154 valence electrons. The minimum Gasteiger partial charge on any atom is -0.490 e. The van der Waals surface area contributed by atoms with Crippen molar-refractivity contribution in [3.63, 3.8) is 0 Å². The van der Waals surface area contributed by atoms with Gasteiger partial charge in [0.15, 0.2) is 0 Å². The Bertz CT molecular complexity index is 881. The molecule has 0 spiro atoms. The number of hydrogen-bond acceptors (Lipinski definition) is 6. The summed E-state index contributed by atoms with van der Waals surface area (Å²) in [6.45, 7) is 3.72. The van der Waals surface area contributed by atoms with Gasteiger partial charge in [0.2, 0.25) is 20.0 Å². The Morgan fingerprint density at radius 3 is 1.24 bits per heavy atom. The van der Waals surface area contributed by atoms with Crippen molar-refractivity contribution < 1.29 is 55.9 Å². The molecule has 2 aromatic rings. The Balaban J connectivity index is 0.00000420. The van der Waals surface area contributed by atoms with Crippen LogP contribution in [0.15, 0.2) is 48.5 Å². The Morgan fingerprint density at radius 1 is 0.655 bits per heavy atom. The zero-order valence-electron chi connectivity index (χ0n) is 16.7. The van der Waals surface area contributed by atoms with Crippen molar-refractivity contribution in [1.82, 2.24) is 0 Å². The largest absolute Gasteiger partial charge is 1.00 e. The number of nitrogens with one attached hydrogen (secondary N) is 2. The van der Waals surface area contributed by atoms with E-state index in [1.807, 2.05) is 0 Å². The van der Waals surface area contributed by atoms with E-state index in [9.17, 15) is 16.8 Å². The van der Waals surface area contributed by atoms with Gasteiger partial charge in [-0.15, -0.1) is 0 Å². The van der Waals surface area contributed by atoms with Crippen LogP contribution < -0.4 is 48.5 Å². The van der Waals surface area contributed by atoms with E-state index >= 15 is 0 Å². The second kappa shape index (κ2) is 11.7. The fraction of sp³-hybridized carbons (Fsp3) is 0.333. The van der Waals surface area contributed by atoms with E-state index in [0.717, 1.165) is 0 Å². The van der Waals surface area contributed by atoms with Gasteiger partial charge >= 0.3 is 29.6 Å². The maximum atomic E-state index is 11.5. The topological polar surface area (TPSA) is 111 Å². The first kappa shape index (κ1) is 25.6. The van der Waals surface area contributed by atoms with Gasteiger partial charge in [-0.2, -0.15) is 0 Å². The molecule has 0 aliphatic heterocycles. The van der Waals surface area contributed by atoms with Crippen LogP contribution >= 0.6 is 0 Å². The first-order valence-electron chi connectivity index (χ1n) is 8.69. The van der Waals surface area contributed by atoms with E-state index in [1.165, 1.54) is 0 Å². The van der Waals surface area contributed by atoms with Crippen LogP contribution in [0.2, 0.25) is 0 Å². The van der Waals surface area contributed by atoms with Gasteiger partial charge in [0.1, 0.15) is 24.7 Å². The molecular weight excluding hydrogens is 427 g/mol. The van der Waals surface area contributed by atoms with E-state index in [1.54, 1.807) is 62.4 Å². The van der Waals surface area contributed by atoms with Gasteiger partial charge in [-0.3, -0.25) is 9.44 Å². The SMILES string of the molecule is CCS(=O)(=O)Nc1ccc(OCCOc2ccc(NS(=O)(=O)CC)cc2)cc1.[Na+]. The smallest absolute Gasteiger partial charge is 0.490 e. The van der Waals surface area contributed by atoms with Crippen LogP contribution in [0, 0.1) is 0 Å². The molecule has 0 radical (unpaired) electrons. The van der Waals surface area contributed by atoms with Gasteiger partial charge < -0.3 is 9.47 Å². The average molecular weight is 452 g/mol. The summed E-state index contributed by atoms with van der Waals surface area (Å²) in [7, 11) is -6.60. The van der Waals surface area contributed by atoms with Crippen LogP contribution in [0.25, 0.3) is 0 Å². The van der Waals surface area contributed by atoms with Crippen molar-refractivity contribution in [2.45, 2.75) is 13.8 Å². The Labute approximate surface area is 194 Å². The third-order valence-electron chi connectivity index (χ3n) is 3.64. The Morgan fingerprint density at radius 2 is 0.966 bits per heavy atom. The van der Waals surface area contributed by atoms with Crippen LogP contribution in [0.4, 0.5) is 11.4 Å². The molecule has 0 amide bonds. The van der Waals surface area contributed by atoms with Gasteiger partial charge in [-0.25, -0.2) is 16.8 Å². The second-order valence-corrected chi connectivity index (χ2v) is 9.78. The molecule has 8 nitrogen and oxygen atoms in total. The number of rotatable bonds is 11. The molecule has 0 heterocycles. The minimum absolute atomic E-state index is 0. The molecular formula is C18H24N2NaO6S2+. The molecule has 2 rings (SSSR count). The van der Waals surface area contributed by atoms with Crippen molar-refractivity contribution in [3.8, 4) is 11.5 Å². The number of anilines is 2. The molecule has 0 fully saturated rings. The van der Waals surface area contributed by atoms with E-state index < -0.39 is 20.0 Å². The second-order valence-electron chi connectivity index (χ2n) is 5.76. The van der Waals surface area contributed by atoms with Crippen molar-refractivity contribution >= 4 is 31.4 Å². The predicted molar refractivity (Wildman–Crippen MR) is 110 cm³/mol. The number of hydrogen-bond donors (Lipinski definition) is 2. The molecule has 11 heteroatoms. The fourth-order valence-corrected chi connectivity index (χ4v) is 3.34. The molecule has 0 aromatic heterocycles. The predicted octanol–water partition coefficient (Wildman–Crippen LogP) is -0.328. The number of ether oxygens (including phenoxy) is 2. The molecule has 0 aliphatic rings. The summed E-state index contributed by atoms with van der Waals surface area (Å²) in [6.07, 6.45) is 0. The molecule has 0 saturated carbocycles. The average Bonchev–Trinajstić information content (AvgIpc) is 2.67. The van der Waals surface area contributed by atoms with E-state index in [-0.39, 0.29) is 41.1 Å². The zero-order chi connectivity index (χ0) is 20.6. The molecule has 29 heavy (non-hydrogen) atoms. The maximum absolute atomic E-state index is 11.5. The maximum Gasteiger partial charge on any atom is 1.00 e. The van der Waals surface area contributed by atoms with Crippen LogP contribution in [-0.4, -0.2) is 41.6 Å². The van der Waals surface area contributed by atoms with Gasteiger partial charge in [0.05, 0.1) is 11.5 Å². The molecule has 0 atom stereocenters. The van der Waals surface area contributed by atoms with Crippen LogP contribution in [0.1, 0.15) is 13.8 Å². The monoisotopic (exact) mass is 451 g/mol. The summed E-state index contributed by atoms with van der Waals surface area (Å²) < 4.78 is 62.1. The van der Waals surface area contributed by atoms with E-state index in [0.29, 0.717) is 36.1 Å². The molecule has 0 bridgehead atoms. The fourth-order valence-electron chi connectivity index (χ4n) is 2.06. The molecule has 2 N–H and O–H groups in total. The van der Waals surface area contributed by atoms with Crippen LogP contribution in [-0.2, 0) is 20.0 Å². The first-order valence-corrected chi connectivity index (χ1v) is 12.0. The minimum atomic E-state index is -3.30. The van der Waals surface area contributed by atoms with E-state index in [4.69, 9.17) is 9.47 Å². The third-order valence-corrected chi connectivity index (χ3v) is 6.25. The standard InChI is InChI=1S/C18H24N2O6S2.Na/c1-3-27(21,22)19-15-5-9-17(10-6-15)25-13-14-26-18-11-7-16(8-12-18)20-28(23,24)4-2;/h5-12,19-20H,3-4,13-14H2,1-2H3;/q;+1. The van der Waals surface area contributed by atoms with Crippen molar-refractivity contribution in [2.75, 3.05) is 34.2 Å². The Hall–Kier alpha value is -1.46. The van der Waals surface area contributed by atoms with Crippen molar-refractivity contribution in [2.24, 2.45) is 0 Å². The molecule has 0 aliphatic carbocycles. The van der Waals surface area contributed by atoms with Crippen LogP contribution in [0.3, 0.4) is 0 Å². The quantitative estimate of drug-likeness (QED) is 0.358.